The summed E-state index contributed by atoms with van der Waals surface area (Å²) in [6.07, 6.45) is 2.83. The predicted molar refractivity (Wildman–Crippen MR) is 238 cm³/mol. The van der Waals surface area contributed by atoms with Gasteiger partial charge in [0.2, 0.25) is 23.4 Å². The lowest BCUT2D eigenvalue weighted by atomic mass is 10.2. The molecule has 6 N–H and O–H groups in total. The second-order valence-corrected chi connectivity index (χ2v) is 15.7. The highest BCUT2D eigenvalue weighted by Crippen LogP contribution is 2.40. The predicted octanol–water partition coefficient (Wildman–Crippen LogP) is 10.3. The maximum Gasteiger partial charge on any atom is 0.805 e. The highest BCUT2D eigenvalue weighted by Gasteiger charge is 2.28. The smallest absolute Gasteiger partial charge is 0.336 e. The van der Waals surface area contributed by atoms with Crippen LogP contribution in [0.1, 0.15) is 48.4 Å². The third-order valence-corrected chi connectivity index (χ3v) is 9.33. The number of nitrogens with one attached hydrogen (secondary N) is 6. The standard InChI is InChI=1S/C42H41Cl2N10O7P/c1-25(2)23-58-53-39(55)27-13-17-29(18-14-27)47-41-45-21-31(43)37(51-41)49-33-9-5-7-11-35(33)60-62(57)61-36-12-8-6-10-34(36)50-38-32(44)22-46-42(52-38)48-30-19-15-28(16-20-30)40(56)54-59-24-26(3)4/h5-22,25-26H,23-24H2,1-4H3,(H5-,45,46,47,48,49,50,51,52,53,54,55,56)/p+1. The molecule has 2 amide bonds. The third-order valence-electron chi connectivity index (χ3n) is 8.08. The number of benzene rings is 4. The van der Waals surface area contributed by atoms with E-state index in [0.717, 1.165) is 0 Å². The van der Waals surface area contributed by atoms with Crippen molar-refractivity contribution in [3.63, 3.8) is 0 Å². The van der Waals surface area contributed by atoms with Crippen molar-refractivity contribution in [3.8, 4) is 11.5 Å². The molecule has 6 rings (SSSR count). The number of hydrogen-bond donors (Lipinski definition) is 6. The summed E-state index contributed by atoms with van der Waals surface area (Å²) in [5.74, 6) is 1.04. The second-order valence-electron chi connectivity index (χ2n) is 14.1. The summed E-state index contributed by atoms with van der Waals surface area (Å²) < 4.78 is 24.9. The summed E-state index contributed by atoms with van der Waals surface area (Å²) in [6, 6.07) is 26.8. The number of anilines is 8. The molecule has 2 aromatic heterocycles. The van der Waals surface area contributed by atoms with Crippen molar-refractivity contribution >= 4 is 89.6 Å². The van der Waals surface area contributed by atoms with E-state index in [4.69, 9.17) is 41.9 Å². The molecule has 20 heteroatoms. The first-order chi connectivity index (χ1) is 29.9. The minimum Gasteiger partial charge on any atom is -0.336 e. The highest BCUT2D eigenvalue weighted by atomic mass is 35.5. The first-order valence-electron chi connectivity index (χ1n) is 19.1. The molecule has 0 saturated carbocycles. The molecular formula is C42H42Cl2N10O7P+. The third kappa shape index (κ3) is 13.2. The van der Waals surface area contributed by atoms with Crippen LogP contribution in [0.3, 0.4) is 0 Å². The monoisotopic (exact) mass is 899 g/mol. The molecule has 0 aliphatic rings. The lowest BCUT2D eigenvalue weighted by Gasteiger charge is -2.12. The van der Waals surface area contributed by atoms with E-state index in [1.54, 1.807) is 97.1 Å². The minimum absolute atomic E-state index is 0.178. The molecule has 0 fully saturated rings. The van der Waals surface area contributed by atoms with Crippen LogP contribution >= 0.6 is 31.5 Å². The van der Waals surface area contributed by atoms with E-state index in [1.807, 2.05) is 27.7 Å². The Balaban J connectivity index is 1.07. The van der Waals surface area contributed by atoms with E-state index in [-0.39, 0.29) is 68.7 Å². The number of aromatic nitrogens is 4. The van der Waals surface area contributed by atoms with Crippen LogP contribution < -0.4 is 41.3 Å². The number of carbonyl (C=O) groups excluding carboxylic acids is 2. The lowest BCUT2D eigenvalue weighted by molar-refractivity contribution is 0.0206. The zero-order chi connectivity index (χ0) is 44.0. The number of carbonyl (C=O) groups is 2. The summed E-state index contributed by atoms with van der Waals surface area (Å²) in [6.45, 7) is 8.71. The van der Waals surface area contributed by atoms with Crippen LogP contribution in [-0.2, 0) is 14.2 Å². The molecule has 0 bridgehead atoms. The molecule has 4 aromatic carbocycles. The van der Waals surface area contributed by atoms with Gasteiger partial charge in [-0.15, -0.1) is 0 Å². The maximum absolute atomic E-state index is 13.4. The van der Waals surface area contributed by atoms with Gasteiger partial charge in [0.25, 0.3) is 11.8 Å². The molecule has 320 valence electrons. The molecule has 62 heavy (non-hydrogen) atoms. The van der Waals surface area contributed by atoms with E-state index >= 15 is 0 Å². The Kier molecular flexibility index (Phi) is 15.8. The van der Waals surface area contributed by atoms with E-state index < -0.39 is 8.25 Å². The van der Waals surface area contributed by atoms with Crippen LogP contribution in [-0.4, -0.2) is 45.0 Å². The van der Waals surface area contributed by atoms with Gasteiger partial charge in [0.05, 0.1) is 37.0 Å². The Labute approximate surface area is 368 Å². The van der Waals surface area contributed by atoms with E-state index in [2.05, 4.69) is 52.2 Å². The van der Waals surface area contributed by atoms with Crippen molar-refractivity contribution in [1.82, 2.24) is 30.9 Å². The van der Waals surface area contributed by atoms with Gasteiger partial charge in [-0.05, 0) is 84.6 Å². The zero-order valence-electron chi connectivity index (χ0n) is 33.8. The van der Waals surface area contributed by atoms with Gasteiger partial charge in [-0.2, -0.15) is 9.97 Å². The summed E-state index contributed by atoms with van der Waals surface area (Å²) in [4.78, 5) is 52.7. The van der Waals surface area contributed by atoms with Gasteiger partial charge in [0.1, 0.15) is 10.0 Å². The normalized spacial score (nSPS) is 10.8. The molecule has 0 radical (unpaired) electrons. The van der Waals surface area contributed by atoms with Crippen LogP contribution in [0.5, 0.6) is 11.5 Å². The van der Waals surface area contributed by atoms with Crippen molar-refractivity contribution in [3.05, 3.63) is 131 Å². The summed E-state index contributed by atoms with van der Waals surface area (Å²) >= 11 is 12.9. The van der Waals surface area contributed by atoms with E-state index in [9.17, 15) is 14.2 Å². The first kappa shape index (κ1) is 44.9. The van der Waals surface area contributed by atoms with Crippen molar-refractivity contribution in [1.29, 1.82) is 0 Å². The Hall–Kier alpha value is -6.62. The molecule has 0 aliphatic carbocycles. The van der Waals surface area contributed by atoms with Crippen molar-refractivity contribution < 1.29 is 32.9 Å². The topological polar surface area (TPSA) is 212 Å². The largest absolute Gasteiger partial charge is 0.805 e. The highest BCUT2D eigenvalue weighted by molar-refractivity contribution is 7.34. The molecular weight excluding hydrogens is 858 g/mol. The fraction of sp³-hybridized carbons (Fsp3) is 0.190. The molecule has 0 aliphatic heterocycles. The van der Waals surface area contributed by atoms with Crippen LogP contribution in [0, 0.1) is 11.8 Å². The molecule has 6 aromatic rings. The number of para-hydroxylation sites is 4. The Morgan fingerprint density at radius 2 is 0.968 bits per heavy atom. The van der Waals surface area contributed by atoms with Gasteiger partial charge in [0.15, 0.2) is 11.6 Å². The van der Waals surface area contributed by atoms with Crippen LogP contribution in [0.2, 0.25) is 10.0 Å². The number of rotatable bonds is 20. The average molecular weight is 901 g/mol. The lowest BCUT2D eigenvalue weighted by Crippen LogP contribution is -2.25. The summed E-state index contributed by atoms with van der Waals surface area (Å²) in [5, 5.41) is 12.8. The van der Waals surface area contributed by atoms with Gasteiger partial charge >= 0.3 is 8.25 Å². The SMILES string of the molecule is CC(C)CONC(=O)c1ccc(Nc2ncc(Cl)c(Nc3ccccc3O[P+](=O)Oc3ccccc3Nc3nc(Nc4ccc(C(=O)NOCC(C)C)cc4)ncc3Cl)n2)cc1. The number of hydroxylamine groups is 2. The van der Waals surface area contributed by atoms with Gasteiger partial charge in [-0.3, -0.25) is 19.3 Å². The first-order valence-corrected chi connectivity index (χ1v) is 20.9. The summed E-state index contributed by atoms with van der Waals surface area (Å²) in [7, 11) is -2.80. The fourth-order valence-corrected chi connectivity index (χ4v) is 6.05. The molecule has 0 unspecified atom stereocenters. The number of hydrogen-bond acceptors (Lipinski definition) is 15. The van der Waals surface area contributed by atoms with Crippen LogP contribution in [0.25, 0.3) is 0 Å². The quantitative estimate of drug-likeness (QED) is 0.0311. The van der Waals surface area contributed by atoms with Gasteiger partial charge in [-0.25, -0.2) is 30.0 Å². The molecule has 17 nitrogen and oxygen atoms in total. The van der Waals surface area contributed by atoms with E-state index in [0.29, 0.717) is 47.1 Å². The van der Waals surface area contributed by atoms with Crippen molar-refractivity contribution in [2.45, 2.75) is 27.7 Å². The van der Waals surface area contributed by atoms with Gasteiger partial charge in [-0.1, -0.05) is 75.2 Å². The summed E-state index contributed by atoms with van der Waals surface area (Å²) in [5.41, 5.74) is 7.67. The van der Waals surface area contributed by atoms with Gasteiger partial charge in [0, 0.05) is 27.1 Å². The molecule has 0 saturated heterocycles. The Morgan fingerprint density at radius 3 is 1.35 bits per heavy atom. The Morgan fingerprint density at radius 1 is 0.581 bits per heavy atom. The molecule has 0 atom stereocenters. The van der Waals surface area contributed by atoms with E-state index in [1.165, 1.54) is 12.4 Å². The molecule has 2 heterocycles. The number of nitrogens with zero attached hydrogens (tertiary/aromatic N) is 4. The number of halogens is 2. The van der Waals surface area contributed by atoms with Crippen molar-refractivity contribution in [2.24, 2.45) is 11.8 Å². The zero-order valence-corrected chi connectivity index (χ0v) is 36.2. The maximum atomic E-state index is 13.4. The van der Waals surface area contributed by atoms with Crippen molar-refractivity contribution in [2.75, 3.05) is 34.5 Å². The fourth-order valence-electron chi connectivity index (χ4n) is 5.10. The minimum atomic E-state index is -2.80. The molecule has 0 spiro atoms. The number of amides is 2. The van der Waals surface area contributed by atoms with Crippen LogP contribution in [0.15, 0.2) is 109 Å². The van der Waals surface area contributed by atoms with Gasteiger partial charge < -0.3 is 21.3 Å². The Bertz CT molecular complexity index is 2330. The second kappa shape index (κ2) is 21.8. The average Bonchev–Trinajstić information content (AvgIpc) is 3.25. The van der Waals surface area contributed by atoms with Crippen LogP contribution in [0.4, 0.5) is 46.3 Å².